The van der Waals surface area contributed by atoms with E-state index in [-0.39, 0.29) is 11.6 Å². The fourth-order valence-corrected chi connectivity index (χ4v) is 2.77. The molecule has 0 aliphatic rings. The fourth-order valence-electron chi connectivity index (χ4n) is 2.60. The third-order valence-electron chi connectivity index (χ3n) is 4.20. The van der Waals surface area contributed by atoms with E-state index in [0.717, 1.165) is 16.9 Å². The Kier molecular flexibility index (Phi) is 6.01. The van der Waals surface area contributed by atoms with Gasteiger partial charge in [-0.3, -0.25) is 4.79 Å². The third-order valence-corrected chi connectivity index (χ3v) is 4.61. The maximum absolute atomic E-state index is 12.5. The van der Waals surface area contributed by atoms with Crippen molar-refractivity contribution in [3.63, 3.8) is 0 Å². The first-order chi connectivity index (χ1) is 13.5. The number of methoxy groups -OCH3 is 2. The Morgan fingerprint density at radius 1 is 1.04 bits per heavy atom. The predicted octanol–water partition coefficient (Wildman–Crippen LogP) is 5.06. The van der Waals surface area contributed by atoms with Gasteiger partial charge in [-0.2, -0.15) is 0 Å². The number of rotatable bonds is 6. The van der Waals surface area contributed by atoms with Gasteiger partial charge >= 0.3 is 0 Å². The molecule has 3 aromatic rings. The van der Waals surface area contributed by atoms with Crippen molar-refractivity contribution in [1.82, 2.24) is 4.98 Å². The number of benzene rings is 2. The highest BCUT2D eigenvalue weighted by Crippen LogP contribution is 2.29. The zero-order chi connectivity index (χ0) is 20.1. The van der Waals surface area contributed by atoms with Gasteiger partial charge in [-0.15, -0.1) is 0 Å². The van der Waals surface area contributed by atoms with Crippen LogP contribution in [-0.2, 0) is 0 Å². The van der Waals surface area contributed by atoms with E-state index in [2.05, 4.69) is 15.6 Å². The van der Waals surface area contributed by atoms with Gasteiger partial charge in [-0.05, 0) is 48.9 Å². The van der Waals surface area contributed by atoms with E-state index in [0.29, 0.717) is 22.2 Å². The van der Waals surface area contributed by atoms with Crippen molar-refractivity contribution >= 4 is 34.6 Å². The molecule has 6 nitrogen and oxygen atoms in total. The molecule has 144 valence electrons. The van der Waals surface area contributed by atoms with Crippen LogP contribution in [0.3, 0.4) is 0 Å². The van der Waals surface area contributed by atoms with Crippen LogP contribution < -0.4 is 20.1 Å². The Balaban J connectivity index is 1.75. The molecule has 0 fully saturated rings. The quantitative estimate of drug-likeness (QED) is 0.608. The molecule has 1 amide bonds. The Bertz CT molecular complexity index is 991. The van der Waals surface area contributed by atoms with Crippen LogP contribution in [0.4, 0.5) is 17.1 Å². The second kappa shape index (κ2) is 8.63. The van der Waals surface area contributed by atoms with Gasteiger partial charge in [0.25, 0.3) is 5.91 Å². The molecule has 1 aromatic heterocycles. The molecule has 0 aliphatic carbocycles. The van der Waals surface area contributed by atoms with E-state index in [1.165, 1.54) is 7.11 Å². The number of aromatic nitrogens is 1. The Labute approximate surface area is 168 Å². The summed E-state index contributed by atoms with van der Waals surface area (Å²) < 4.78 is 10.5. The fraction of sp³-hybridized carbons (Fsp3) is 0.143. The molecule has 0 saturated heterocycles. The maximum Gasteiger partial charge on any atom is 0.274 e. The zero-order valence-electron chi connectivity index (χ0n) is 15.7. The van der Waals surface area contributed by atoms with Crippen molar-refractivity contribution in [2.45, 2.75) is 6.92 Å². The van der Waals surface area contributed by atoms with Crippen molar-refractivity contribution in [3.05, 3.63) is 71.0 Å². The Morgan fingerprint density at radius 3 is 2.54 bits per heavy atom. The number of anilines is 3. The number of nitrogens with zero attached hydrogens (tertiary/aromatic N) is 1. The first-order valence-corrected chi connectivity index (χ1v) is 8.91. The lowest BCUT2D eigenvalue weighted by molar-refractivity contribution is 0.102. The number of amides is 1. The lowest BCUT2D eigenvalue weighted by Crippen LogP contribution is -2.14. The number of carbonyl (C=O) groups is 1. The molecule has 0 saturated carbocycles. The van der Waals surface area contributed by atoms with Crippen LogP contribution in [0.5, 0.6) is 11.5 Å². The molecule has 7 heteroatoms. The molecule has 0 bridgehead atoms. The van der Waals surface area contributed by atoms with Gasteiger partial charge in [0.2, 0.25) is 0 Å². The topological polar surface area (TPSA) is 72.5 Å². The Hall–Kier alpha value is -3.25. The van der Waals surface area contributed by atoms with Crippen LogP contribution >= 0.6 is 11.6 Å². The van der Waals surface area contributed by atoms with E-state index in [1.54, 1.807) is 43.6 Å². The number of carbonyl (C=O) groups excluding carboxylic acids is 1. The molecule has 28 heavy (non-hydrogen) atoms. The number of hydrogen-bond acceptors (Lipinski definition) is 5. The number of ether oxygens (including phenoxy) is 2. The molecule has 0 unspecified atom stereocenters. The van der Waals surface area contributed by atoms with Gasteiger partial charge in [0.15, 0.2) is 0 Å². The summed E-state index contributed by atoms with van der Waals surface area (Å²) in [6.07, 6.45) is 1.60. The summed E-state index contributed by atoms with van der Waals surface area (Å²) in [4.78, 5) is 16.8. The number of nitrogens with one attached hydrogen (secondary N) is 2. The molecule has 2 aromatic carbocycles. The van der Waals surface area contributed by atoms with Crippen molar-refractivity contribution < 1.29 is 14.3 Å². The third kappa shape index (κ3) is 4.35. The van der Waals surface area contributed by atoms with E-state index < -0.39 is 0 Å². The average molecular weight is 398 g/mol. The summed E-state index contributed by atoms with van der Waals surface area (Å²) in [6, 6.07) is 14.2. The summed E-state index contributed by atoms with van der Waals surface area (Å²) in [5.41, 5.74) is 3.35. The smallest absolute Gasteiger partial charge is 0.274 e. The first kappa shape index (κ1) is 19.5. The van der Waals surface area contributed by atoms with Crippen LogP contribution in [0.1, 0.15) is 16.1 Å². The van der Waals surface area contributed by atoms with Gasteiger partial charge in [0.05, 0.1) is 31.8 Å². The standard InChI is InChI=1S/C21H20ClN3O3/c1-13-16(22)5-4-6-17(13)24-14-7-9-18(23-12-14)21(26)25-19-11-15(27-2)8-10-20(19)28-3/h4-12,24H,1-3H3,(H,25,26). The minimum Gasteiger partial charge on any atom is -0.497 e. The zero-order valence-corrected chi connectivity index (χ0v) is 16.5. The van der Waals surface area contributed by atoms with Crippen LogP contribution in [-0.4, -0.2) is 25.1 Å². The molecule has 0 radical (unpaired) electrons. The molecule has 2 N–H and O–H groups in total. The van der Waals surface area contributed by atoms with Gasteiger partial charge in [0.1, 0.15) is 17.2 Å². The van der Waals surface area contributed by atoms with Crippen LogP contribution in [0.15, 0.2) is 54.7 Å². The van der Waals surface area contributed by atoms with Gasteiger partial charge in [-0.25, -0.2) is 4.98 Å². The monoisotopic (exact) mass is 397 g/mol. The summed E-state index contributed by atoms with van der Waals surface area (Å²) in [6.45, 7) is 1.93. The van der Waals surface area contributed by atoms with Crippen molar-refractivity contribution in [2.24, 2.45) is 0 Å². The van der Waals surface area contributed by atoms with Crippen molar-refractivity contribution in [3.8, 4) is 11.5 Å². The Morgan fingerprint density at radius 2 is 1.86 bits per heavy atom. The normalized spacial score (nSPS) is 10.3. The molecular weight excluding hydrogens is 378 g/mol. The lowest BCUT2D eigenvalue weighted by Gasteiger charge is -2.12. The predicted molar refractivity (Wildman–Crippen MR) is 111 cm³/mol. The molecular formula is C21H20ClN3O3. The average Bonchev–Trinajstić information content (AvgIpc) is 2.71. The maximum atomic E-state index is 12.5. The molecule has 1 heterocycles. The molecule has 0 atom stereocenters. The minimum absolute atomic E-state index is 0.276. The summed E-state index contributed by atoms with van der Waals surface area (Å²) >= 11 is 6.14. The van der Waals surface area contributed by atoms with Crippen LogP contribution in [0.25, 0.3) is 0 Å². The van der Waals surface area contributed by atoms with Gasteiger partial charge in [-0.1, -0.05) is 17.7 Å². The van der Waals surface area contributed by atoms with E-state index in [1.807, 2.05) is 25.1 Å². The first-order valence-electron chi connectivity index (χ1n) is 8.53. The summed E-state index contributed by atoms with van der Waals surface area (Å²) in [5, 5.41) is 6.72. The second-order valence-corrected chi connectivity index (χ2v) is 6.40. The van der Waals surface area contributed by atoms with Crippen molar-refractivity contribution in [1.29, 1.82) is 0 Å². The molecule has 3 rings (SSSR count). The molecule has 0 spiro atoms. The highest BCUT2D eigenvalue weighted by molar-refractivity contribution is 6.31. The second-order valence-electron chi connectivity index (χ2n) is 5.99. The lowest BCUT2D eigenvalue weighted by atomic mass is 10.2. The van der Waals surface area contributed by atoms with Gasteiger partial charge < -0.3 is 20.1 Å². The van der Waals surface area contributed by atoms with Crippen molar-refractivity contribution in [2.75, 3.05) is 24.9 Å². The molecule has 0 aliphatic heterocycles. The van der Waals surface area contributed by atoms with E-state index in [4.69, 9.17) is 21.1 Å². The van der Waals surface area contributed by atoms with E-state index >= 15 is 0 Å². The van der Waals surface area contributed by atoms with Gasteiger partial charge in [0, 0.05) is 16.8 Å². The van der Waals surface area contributed by atoms with Crippen LogP contribution in [0, 0.1) is 6.92 Å². The SMILES string of the molecule is COc1ccc(OC)c(NC(=O)c2ccc(Nc3cccc(Cl)c3C)cn2)c1. The highest BCUT2D eigenvalue weighted by atomic mass is 35.5. The largest absolute Gasteiger partial charge is 0.497 e. The van der Waals surface area contributed by atoms with E-state index in [9.17, 15) is 4.79 Å². The minimum atomic E-state index is -0.350. The number of hydrogen-bond donors (Lipinski definition) is 2. The highest BCUT2D eigenvalue weighted by Gasteiger charge is 2.12. The number of pyridine rings is 1. The summed E-state index contributed by atoms with van der Waals surface area (Å²) in [7, 11) is 3.09. The van der Waals surface area contributed by atoms with Crippen LogP contribution in [0.2, 0.25) is 5.02 Å². The summed E-state index contributed by atoms with van der Waals surface area (Å²) in [5.74, 6) is 0.793. The number of halogens is 1.